The largest absolute Gasteiger partial charge is 0.434 e. The molecule has 20 heavy (non-hydrogen) atoms. The highest BCUT2D eigenvalue weighted by molar-refractivity contribution is 5.45. The van der Waals surface area contributed by atoms with Crippen LogP contribution in [0, 0.1) is 10.1 Å². The normalized spacial score (nSPS) is 10.1. The van der Waals surface area contributed by atoms with E-state index in [-0.39, 0.29) is 24.1 Å². The number of aromatic nitrogens is 2. The van der Waals surface area contributed by atoms with Crippen molar-refractivity contribution < 1.29 is 14.8 Å². The van der Waals surface area contributed by atoms with E-state index in [2.05, 4.69) is 15.3 Å². The van der Waals surface area contributed by atoms with E-state index in [1.54, 1.807) is 31.3 Å². The van der Waals surface area contributed by atoms with Crippen LogP contribution in [0.5, 0.6) is 11.6 Å². The summed E-state index contributed by atoms with van der Waals surface area (Å²) >= 11 is 0. The molecule has 2 rings (SSSR count). The zero-order chi connectivity index (χ0) is 14.5. The molecule has 0 fully saturated rings. The van der Waals surface area contributed by atoms with Crippen molar-refractivity contribution in [3.8, 4) is 11.6 Å². The van der Waals surface area contributed by atoms with Crippen LogP contribution in [0.25, 0.3) is 0 Å². The molecular formula is C12H12N4O4. The molecule has 0 aliphatic carbocycles. The molecule has 1 aromatic heterocycles. The molecule has 0 radical (unpaired) electrons. The van der Waals surface area contributed by atoms with Gasteiger partial charge in [0.2, 0.25) is 5.95 Å². The van der Waals surface area contributed by atoms with Gasteiger partial charge in [0.25, 0.3) is 0 Å². The second-order valence-electron chi connectivity index (χ2n) is 3.80. The fraction of sp³-hybridized carbons (Fsp3) is 0.167. The van der Waals surface area contributed by atoms with Crippen LogP contribution in [0.2, 0.25) is 0 Å². The predicted molar refractivity (Wildman–Crippen MR) is 70.7 cm³/mol. The van der Waals surface area contributed by atoms with Crippen LogP contribution in [0.4, 0.5) is 11.6 Å². The molecule has 8 heteroatoms. The molecule has 2 N–H and O–H groups in total. The first kappa shape index (κ1) is 13.7. The maximum absolute atomic E-state index is 10.9. The zero-order valence-electron chi connectivity index (χ0n) is 10.6. The van der Waals surface area contributed by atoms with E-state index >= 15 is 0 Å². The third-order valence-corrected chi connectivity index (χ3v) is 2.48. The standard InChI is InChI=1S/C12H12N4O4/c1-13-12-14-6-10(16(18)19)11(15-12)20-9-4-2-8(7-17)3-5-9/h2-6,17H,7H2,1H3,(H,13,14,15). The SMILES string of the molecule is CNc1ncc([N+](=O)[O-])c(Oc2ccc(CO)cc2)n1. The average molecular weight is 276 g/mol. The Kier molecular flexibility index (Phi) is 4.06. The van der Waals surface area contributed by atoms with E-state index in [4.69, 9.17) is 9.84 Å². The number of ether oxygens (including phenoxy) is 1. The maximum atomic E-state index is 10.9. The van der Waals surface area contributed by atoms with E-state index in [1.165, 1.54) is 0 Å². The van der Waals surface area contributed by atoms with Crippen LogP contribution in [-0.2, 0) is 6.61 Å². The lowest BCUT2D eigenvalue weighted by Crippen LogP contribution is -2.02. The highest BCUT2D eigenvalue weighted by Gasteiger charge is 2.19. The second kappa shape index (κ2) is 5.93. The Balaban J connectivity index is 2.32. The predicted octanol–water partition coefficient (Wildman–Crippen LogP) is 1.71. The molecule has 1 heterocycles. The van der Waals surface area contributed by atoms with E-state index < -0.39 is 4.92 Å². The topological polar surface area (TPSA) is 110 Å². The number of rotatable bonds is 5. The monoisotopic (exact) mass is 276 g/mol. The lowest BCUT2D eigenvalue weighted by molar-refractivity contribution is -0.386. The summed E-state index contributed by atoms with van der Waals surface area (Å²) in [5, 5.41) is 22.5. The van der Waals surface area contributed by atoms with Gasteiger partial charge in [0.05, 0.1) is 11.5 Å². The van der Waals surface area contributed by atoms with Gasteiger partial charge in [-0.3, -0.25) is 10.1 Å². The summed E-state index contributed by atoms with van der Waals surface area (Å²) in [6.07, 6.45) is 1.08. The quantitative estimate of drug-likeness (QED) is 0.631. The Morgan fingerprint density at radius 2 is 2.10 bits per heavy atom. The number of nitro groups is 1. The fourth-order valence-electron chi connectivity index (χ4n) is 1.46. The minimum absolute atomic E-state index is 0.0855. The summed E-state index contributed by atoms with van der Waals surface area (Å²) in [5.74, 6) is 0.453. The third kappa shape index (κ3) is 2.98. The summed E-state index contributed by atoms with van der Waals surface area (Å²) in [6.45, 7) is -0.0855. The first-order valence-electron chi connectivity index (χ1n) is 5.71. The smallest absolute Gasteiger partial charge is 0.349 e. The Hall–Kier alpha value is -2.74. The van der Waals surface area contributed by atoms with Gasteiger partial charge in [-0.15, -0.1) is 0 Å². The molecule has 0 bridgehead atoms. The van der Waals surface area contributed by atoms with Gasteiger partial charge in [-0.05, 0) is 17.7 Å². The first-order valence-corrected chi connectivity index (χ1v) is 5.71. The van der Waals surface area contributed by atoms with E-state index in [0.717, 1.165) is 6.20 Å². The molecule has 0 saturated heterocycles. The molecule has 0 aliphatic heterocycles. The molecule has 0 amide bonds. The molecule has 0 atom stereocenters. The molecular weight excluding hydrogens is 264 g/mol. The average Bonchev–Trinajstić information content (AvgIpc) is 2.47. The molecule has 1 aromatic carbocycles. The Morgan fingerprint density at radius 1 is 1.40 bits per heavy atom. The van der Waals surface area contributed by atoms with Crippen molar-refractivity contribution in [3.63, 3.8) is 0 Å². The number of hydrogen-bond acceptors (Lipinski definition) is 7. The Bertz CT molecular complexity index is 615. The highest BCUT2D eigenvalue weighted by Crippen LogP contribution is 2.29. The minimum Gasteiger partial charge on any atom is -0.434 e. The number of benzene rings is 1. The maximum Gasteiger partial charge on any atom is 0.349 e. The van der Waals surface area contributed by atoms with Gasteiger partial charge in [-0.1, -0.05) is 12.1 Å². The van der Waals surface area contributed by atoms with Gasteiger partial charge in [0.15, 0.2) is 0 Å². The van der Waals surface area contributed by atoms with Crippen molar-refractivity contribution in [2.45, 2.75) is 6.61 Å². The van der Waals surface area contributed by atoms with Crippen LogP contribution < -0.4 is 10.1 Å². The minimum atomic E-state index is -0.614. The van der Waals surface area contributed by atoms with Crippen LogP contribution in [0.3, 0.4) is 0 Å². The number of hydrogen-bond donors (Lipinski definition) is 2. The summed E-state index contributed by atoms with van der Waals surface area (Å²) in [4.78, 5) is 18.0. The summed E-state index contributed by atoms with van der Waals surface area (Å²) < 4.78 is 5.40. The fourth-order valence-corrected chi connectivity index (χ4v) is 1.46. The van der Waals surface area contributed by atoms with Gasteiger partial charge in [-0.25, -0.2) is 4.98 Å². The molecule has 2 aromatic rings. The number of aliphatic hydroxyl groups excluding tert-OH is 1. The molecule has 8 nitrogen and oxygen atoms in total. The van der Waals surface area contributed by atoms with Crippen molar-refractivity contribution in [1.82, 2.24) is 9.97 Å². The van der Waals surface area contributed by atoms with Crippen molar-refractivity contribution >= 4 is 11.6 Å². The Morgan fingerprint density at radius 3 is 2.65 bits per heavy atom. The third-order valence-electron chi connectivity index (χ3n) is 2.48. The van der Waals surface area contributed by atoms with Crippen molar-refractivity contribution in [3.05, 3.63) is 46.1 Å². The molecule has 0 aliphatic rings. The van der Waals surface area contributed by atoms with Gasteiger partial charge in [0, 0.05) is 7.05 Å². The van der Waals surface area contributed by atoms with Gasteiger partial charge >= 0.3 is 11.6 Å². The van der Waals surface area contributed by atoms with Gasteiger partial charge < -0.3 is 15.2 Å². The van der Waals surface area contributed by atoms with Crippen LogP contribution in [-0.4, -0.2) is 27.0 Å². The second-order valence-corrected chi connectivity index (χ2v) is 3.80. The van der Waals surface area contributed by atoms with Crippen molar-refractivity contribution in [2.75, 3.05) is 12.4 Å². The van der Waals surface area contributed by atoms with Crippen molar-refractivity contribution in [1.29, 1.82) is 0 Å². The lowest BCUT2D eigenvalue weighted by Gasteiger charge is -2.07. The highest BCUT2D eigenvalue weighted by atomic mass is 16.6. The number of anilines is 1. The van der Waals surface area contributed by atoms with E-state index in [1.807, 2.05) is 0 Å². The summed E-state index contributed by atoms with van der Waals surface area (Å²) in [5.41, 5.74) is 0.390. The summed E-state index contributed by atoms with van der Waals surface area (Å²) in [7, 11) is 1.60. The van der Waals surface area contributed by atoms with E-state index in [0.29, 0.717) is 11.3 Å². The number of nitrogens with one attached hydrogen (secondary N) is 1. The zero-order valence-corrected chi connectivity index (χ0v) is 10.6. The lowest BCUT2D eigenvalue weighted by atomic mass is 10.2. The first-order chi connectivity index (χ1) is 9.63. The van der Waals surface area contributed by atoms with Crippen LogP contribution in [0.1, 0.15) is 5.56 Å². The van der Waals surface area contributed by atoms with Gasteiger partial charge in [0.1, 0.15) is 11.9 Å². The molecule has 0 spiro atoms. The van der Waals surface area contributed by atoms with Gasteiger partial charge in [-0.2, -0.15) is 4.98 Å². The molecule has 0 unspecified atom stereocenters. The van der Waals surface area contributed by atoms with Crippen LogP contribution in [0.15, 0.2) is 30.5 Å². The van der Waals surface area contributed by atoms with E-state index in [9.17, 15) is 10.1 Å². The summed E-state index contributed by atoms with van der Waals surface area (Å²) in [6, 6.07) is 6.50. The van der Waals surface area contributed by atoms with Crippen molar-refractivity contribution in [2.24, 2.45) is 0 Å². The van der Waals surface area contributed by atoms with Crippen LogP contribution >= 0.6 is 0 Å². The number of nitrogens with zero attached hydrogens (tertiary/aromatic N) is 3. The molecule has 104 valence electrons. The molecule has 0 saturated carbocycles. The Labute approximate surface area is 114 Å². The number of aliphatic hydroxyl groups is 1.